The van der Waals surface area contributed by atoms with Crippen molar-refractivity contribution in [1.29, 1.82) is 0 Å². The van der Waals surface area contributed by atoms with E-state index in [1.807, 2.05) is 44.2 Å². The van der Waals surface area contributed by atoms with Crippen LogP contribution in [0.3, 0.4) is 0 Å². The van der Waals surface area contributed by atoms with Crippen LogP contribution >= 0.6 is 0 Å². The minimum Gasteiger partial charge on any atom is -0.394 e. The maximum atomic E-state index is 14.1. The molecule has 2 unspecified atom stereocenters. The van der Waals surface area contributed by atoms with Gasteiger partial charge in [-0.3, -0.25) is 19.3 Å². The van der Waals surface area contributed by atoms with Gasteiger partial charge in [0.15, 0.2) is 0 Å². The molecule has 0 aliphatic carbocycles. The fourth-order valence-corrected chi connectivity index (χ4v) is 7.07. The lowest BCUT2D eigenvalue weighted by Crippen LogP contribution is -2.58. The van der Waals surface area contributed by atoms with Crippen LogP contribution in [0.15, 0.2) is 30.3 Å². The number of nitrogens with one attached hydrogen (secondary N) is 2. The van der Waals surface area contributed by atoms with Crippen LogP contribution in [-0.4, -0.2) is 102 Å². The number of amides is 3. The van der Waals surface area contributed by atoms with Crippen molar-refractivity contribution in [3.8, 4) is 0 Å². The van der Waals surface area contributed by atoms with Crippen molar-refractivity contribution in [2.45, 2.75) is 63.4 Å². The number of hydrogen-bond donors (Lipinski definition) is 3. The number of aliphatic hydroxyl groups excluding tert-OH is 1. The van der Waals surface area contributed by atoms with Crippen molar-refractivity contribution < 1.29 is 29.0 Å². The molecule has 10 heteroatoms. The van der Waals surface area contributed by atoms with Crippen LogP contribution in [-0.2, 0) is 30.4 Å². The first kappa shape index (κ1) is 28.0. The number of likely N-dealkylation sites (tertiary alicyclic amines) is 1. The molecule has 2 bridgehead atoms. The maximum Gasteiger partial charge on any atom is 0.245 e. The molecule has 0 radical (unpaired) electrons. The molecular formula is C29H42N4O6. The van der Waals surface area contributed by atoms with Gasteiger partial charge in [-0.15, -0.1) is 0 Å². The third-order valence-electron chi connectivity index (χ3n) is 8.78. The van der Waals surface area contributed by atoms with Crippen LogP contribution in [0.25, 0.3) is 0 Å². The van der Waals surface area contributed by atoms with Crippen molar-refractivity contribution >= 4 is 17.7 Å². The van der Waals surface area contributed by atoms with Gasteiger partial charge in [0, 0.05) is 32.7 Å². The summed E-state index contributed by atoms with van der Waals surface area (Å²) >= 11 is 0. The molecule has 4 aliphatic heterocycles. The van der Waals surface area contributed by atoms with Gasteiger partial charge in [-0.2, -0.15) is 0 Å². The molecule has 10 nitrogen and oxygen atoms in total. The second-order valence-corrected chi connectivity index (χ2v) is 11.7. The standard InChI is InChI=1S/C29H42N4O6/c1-19(2)16-21(18-34)33-25(27(36)30-10-11-32-12-14-38-15-13-32)29-9-8-22(39-29)23(24(29)28(33)37)26(35)31-17-20-6-4-3-5-7-20/h3-7,19,21-25,34H,8-18H2,1-2H3,(H,30,36)(H,31,35)/t21-,22+,23-,24+,25?,29?/m1/s1. The number of rotatable bonds is 11. The minimum atomic E-state index is -1.07. The molecule has 1 spiro atoms. The lowest BCUT2D eigenvalue weighted by molar-refractivity contribution is -0.146. The summed E-state index contributed by atoms with van der Waals surface area (Å²) in [6.45, 7) is 8.30. The molecule has 39 heavy (non-hydrogen) atoms. The summed E-state index contributed by atoms with van der Waals surface area (Å²) in [5, 5.41) is 16.4. The zero-order valence-corrected chi connectivity index (χ0v) is 23.0. The van der Waals surface area contributed by atoms with E-state index in [0.29, 0.717) is 52.1 Å². The summed E-state index contributed by atoms with van der Waals surface area (Å²) in [6, 6.07) is 8.23. The Labute approximate surface area is 230 Å². The number of hydrogen-bond acceptors (Lipinski definition) is 7. The third-order valence-corrected chi connectivity index (χ3v) is 8.78. The molecule has 4 heterocycles. The fraction of sp³-hybridized carbons (Fsp3) is 0.690. The molecule has 3 N–H and O–H groups in total. The second-order valence-electron chi connectivity index (χ2n) is 11.7. The summed E-state index contributed by atoms with van der Waals surface area (Å²) in [5.41, 5.74) is -0.0944. The highest BCUT2D eigenvalue weighted by Gasteiger charge is 2.75. The Kier molecular flexibility index (Phi) is 8.56. The Bertz CT molecular complexity index is 1030. The zero-order chi connectivity index (χ0) is 27.6. The lowest BCUT2D eigenvalue weighted by Gasteiger charge is -2.37. The second kappa shape index (κ2) is 11.9. The molecule has 3 amide bonds. The van der Waals surface area contributed by atoms with Crippen molar-refractivity contribution in [1.82, 2.24) is 20.4 Å². The van der Waals surface area contributed by atoms with E-state index in [4.69, 9.17) is 9.47 Å². The quantitative estimate of drug-likeness (QED) is 0.373. The van der Waals surface area contributed by atoms with E-state index in [1.54, 1.807) is 4.90 Å². The van der Waals surface area contributed by atoms with E-state index in [9.17, 15) is 19.5 Å². The van der Waals surface area contributed by atoms with Crippen LogP contribution < -0.4 is 10.6 Å². The topological polar surface area (TPSA) is 120 Å². The van der Waals surface area contributed by atoms with Gasteiger partial charge < -0.3 is 30.1 Å². The first-order valence-electron chi connectivity index (χ1n) is 14.4. The SMILES string of the molecule is CC(C)C[C@H](CO)N1C(=O)[C@@H]2[C@H](C(=O)NCc3ccccc3)[C@@H]3CCC2(O3)C1C(=O)NCCN1CCOCC1. The first-order chi connectivity index (χ1) is 18.9. The Hall–Kier alpha value is -2.53. The summed E-state index contributed by atoms with van der Waals surface area (Å²) in [5.74, 6) is -1.95. The molecular weight excluding hydrogens is 500 g/mol. The monoisotopic (exact) mass is 542 g/mol. The molecule has 1 aromatic rings. The average molecular weight is 543 g/mol. The smallest absolute Gasteiger partial charge is 0.245 e. The predicted molar refractivity (Wildman–Crippen MR) is 143 cm³/mol. The molecule has 4 aliphatic rings. The molecule has 4 saturated heterocycles. The molecule has 0 aromatic heterocycles. The third kappa shape index (κ3) is 5.44. The van der Waals surface area contributed by atoms with Gasteiger partial charge >= 0.3 is 0 Å². The van der Waals surface area contributed by atoms with Gasteiger partial charge in [0.05, 0.1) is 43.8 Å². The van der Waals surface area contributed by atoms with Gasteiger partial charge in [0.1, 0.15) is 11.6 Å². The number of morpholine rings is 1. The van der Waals surface area contributed by atoms with E-state index >= 15 is 0 Å². The lowest BCUT2D eigenvalue weighted by atomic mass is 9.70. The van der Waals surface area contributed by atoms with E-state index in [2.05, 4.69) is 15.5 Å². The number of ether oxygens (including phenoxy) is 2. The molecule has 214 valence electrons. The van der Waals surface area contributed by atoms with E-state index in [1.165, 1.54) is 0 Å². The Morgan fingerprint density at radius 3 is 2.56 bits per heavy atom. The Morgan fingerprint density at radius 1 is 1.13 bits per heavy atom. The number of aliphatic hydroxyl groups is 1. The number of carbonyl (C=O) groups excluding carboxylic acids is 3. The van der Waals surface area contributed by atoms with E-state index in [-0.39, 0.29) is 30.2 Å². The van der Waals surface area contributed by atoms with Crippen LogP contribution in [0.4, 0.5) is 0 Å². The van der Waals surface area contributed by atoms with Gasteiger partial charge in [-0.25, -0.2) is 0 Å². The van der Waals surface area contributed by atoms with Crippen LogP contribution in [0.5, 0.6) is 0 Å². The van der Waals surface area contributed by atoms with Crippen molar-refractivity contribution in [3.05, 3.63) is 35.9 Å². The van der Waals surface area contributed by atoms with Gasteiger partial charge in [-0.1, -0.05) is 44.2 Å². The predicted octanol–water partition coefficient (Wildman–Crippen LogP) is 0.533. The maximum absolute atomic E-state index is 14.1. The van der Waals surface area contributed by atoms with Crippen LogP contribution in [0.1, 0.15) is 38.7 Å². The van der Waals surface area contributed by atoms with Crippen LogP contribution in [0.2, 0.25) is 0 Å². The van der Waals surface area contributed by atoms with E-state index in [0.717, 1.165) is 18.7 Å². The normalized spacial score (nSPS) is 31.0. The van der Waals surface area contributed by atoms with Crippen molar-refractivity contribution in [2.24, 2.45) is 17.8 Å². The summed E-state index contributed by atoms with van der Waals surface area (Å²) in [7, 11) is 0. The largest absolute Gasteiger partial charge is 0.394 e. The van der Waals surface area contributed by atoms with Gasteiger partial charge in [-0.05, 0) is 30.7 Å². The highest BCUT2D eigenvalue weighted by molar-refractivity contribution is 5.99. The number of benzene rings is 1. The fourth-order valence-electron chi connectivity index (χ4n) is 7.07. The molecule has 1 aromatic carbocycles. The number of nitrogens with zero attached hydrogens (tertiary/aromatic N) is 2. The molecule has 6 atom stereocenters. The van der Waals surface area contributed by atoms with Crippen molar-refractivity contribution in [3.63, 3.8) is 0 Å². The zero-order valence-electron chi connectivity index (χ0n) is 23.0. The molecule has 0 saturated carbocycles. The summed E-state index contributed by atoms with van der Waals surface area (Å²) in [6.07, 6.45) is 1.30. The highest BCUT2D eigenvalue weighted by atomic mass is 16.5. The first-order valence-corrected chi connectivity index (χ1v) is 14.4. The number of fused-ring (bicyclic) bond motifs is 1. The molecule has 5 rings (SSSR count). The van der Waals surface area contributed by atoms with Gasteiger partial charge in [0.25, 0.3) is 0 Å². The molecule has 4 fully saturated rings. The van der Waals surface area contributed by atoms with Crippen LogP contribution in [0, 0.1) is 17.8 Å². The Morgan fingerprint density at radius 2 is 1.87 bits per heavy atom. The van der Waals surface area contributed by atoms with Crippen molar-refractivity contribution in [2.75, 3.05) is 46.0 Å². The Balaban J connectivity index is 1.37. The highest BCUT2D eigenvalue weighted by Crippen LogP contribution is 2.58. The van der Waals surface area contributed by atoms with Gasteiger partial charge in [0.2, 0.25) is 17.7 Å². The summed E-state index contributed by atoms with van der Waals surface area (Å²) < 4.78 is 11.9. The average Bonchev–Trinajstić information content (AvgIpc) is 3.59. The number of carbonyl (C=O) groups is 3. The minimum absolute atomic E-state index is 0.208. The van der Waals surface area contributed by atoms with E-state index < -0.39 is 35.6 Å². The summed E-state index contributed by atoms with van der Waals surface area (Å²) in [4.78, 5) is 45.3.